The Hall–Kier alpha value is -3.26. The third kappa shape index (κ3) is 5.39. The van der Waals surface area contributed by atoms with E-state index >= 15 is 0 Å². The number of nitrogens with one attached hydrogen (secondary N) is 1. The second-order valence-corrected chi connectivity index (χ2v) is 8.35. The van der Waals surface area contributed by atoms with Gasteiger partial charge in [-0.1, -0.05) is 17.3 Å². The first kappa shape index (κ1) is 22.9. The minimum Gasteiger partial charge on any atom is -0.493 e. The fraction of sp³-hybridized carbons (Fsp3) is 0.440. The number of ether oxygens (including phenoxy) is 3. The van der Waals surface area contributed by atoms with Gasteiger partial charge in [-0.2, -0.15) is 0 Å². The van der Waals surface area contributed by atoms with Gasteiger partial charge in [0.25, 0.3) is 0 Å². The maximum absolute atomic E-state index is 11.4. The molecule has 0 bridgehead atoms. The molecule has 1 saturated heterocycles. The SMILES string of the molecule is CNC(=O)Oc1cccc(CN2CCC(CCc3noc4c(OC)c(OC)ccc34)CC2)c1. The van der Waals surface area contributed by atoms with Gasteiger partial charge in [-0.25, -0.2) is 4.79 Å². The molecule has 0 aliphatic carbocycles. The first-order valence-corrected chi connectivity index (χ1v) is 11.3. The molecule has 176 valence electrons. The summed E-state index contributed by atoms with van der Waals surface area (Å²) in [5.41, 5.74) is 2.76. The monoisotopic (exact) mass is 453 g/mol. The third-order valence-electron chi connectivity index (χ3n) is 6.27. The van der Waals surface area contributed by atoms with Crippen LogP contribution >= 0.6 is 0 Å². The highest BCUT2D eigenvalue weighted by molar-refractivity contribution is 5.87. The average Bonchev–Trinajstić information content (AvgIpc) is 3.26. The van der Waals surface area contributed by atoms with Gasteiger partial charge in [-0.05, 0) is 74.5 Å². The number of rotatable bonds is 8. The zero-order chi connectivity index (χ0) is 23.2. The molecule has 0 radical (unpaired) electrons. The molecule has 1 fully saturated rings. The highest BCUT2D eigenvalue weighted by Gasteiger charge is 2.22. The number of likely N-dealkylation sites (tertiary alicyclic amines) is 1. The van der Waals surface area contributed by atoms with E-state index in [1.165, 1.54) is 0 Å². The first-order chi connectivity index (χ1) is 16.1. The van der Waals surface area contributed by atoms with Gasteiger partial charge in [0, 0.05) is 19.0 Å². The lowest BCUT2D eigenvalue weighted by Crippen LogP contribution is -2.33. The molecule has 1 aliphatic rings. The summed E-state index contributed by atoms with van der Waals surface area (Å²) >= 11 is 0. The van der Waals surface area contributed by atoms with Crippen LogP contribution in [0, 0.1) is 5.92 Å². The van der Waals surface area contributed by atoms with Crippen LogP contribution in [0.5, 0.6) is 17.2 Å². The average molecular weight is 454 g/mol. The van der Waals surface area contributed by atoms with Gasteiger partial charge in [0.05, 0.1) is 19.9 Å². The molecule has 3 aromatic rings. The second kappa shape index (κ2) is 10.6. The molecule has 0 atom stereocenters. The zero-order valence-corrected chi connectivity index (χ0v) is 19.4. The first-order valence-electron chi connectivity index (χ1n) is 11.3. The van der Waals surface area contributed by atoms with E-state index in [4.69, 9.17) is 18.7 Å². The van der Waals surface area contributed by atoms with Crippen LogP contribution in [-0.2, 0) is 13.0 Å². The number of aryl methyl sites for hydroxylation is 1. The summed E-state index contributed by atoms with van der Waals surface area (Å²) in [5, 5.41) is 7.77. The number of hydrogen-bond donors (Lipinski definition) is 1. The molecule has 33 heavy (non-hydrogen) atoms. The van der Waals surface area contributed by atoms with Crippen molar-refractivity contribution < 1.29 is 23.5 Å². The van der Waals surface area contributed by atoms with Gasteiger partial charge in [0.2, 0.25) is 11.3 Å². The Bertz CT molecular complexity index is 1090. The summed E-state index contributed by atoms with van der Waals surface area (Å²) in [7, 11) is 4.77. The fourth-order valence-electron chi connectivity index (χ4n) is 4.44. The summed E-state index contributed by atoms with van der Waals surface area (Å²) in [6.45, 7) is 2.96. The van der Waals surface area contributed by atoms with Crippen molar-refractivity contribution in [1.82, 2.24) is 15.4 Å². The molecule has 1 amide bonds. The van der Waals surface area contributed by atoms with Crippen LogP contribution in [0.3, 0.4) is 0 Å². The van der Waals surface area contributed by atoms with E-state index in [-0.39, 0.29) is 0 Å². The summed E-state index contributed by atoms with van der Waals surface area (Å²) in [4.78, 5) is 13.9. The standard InChI is InChI=1S/C25H31N3O5/c1-26-25(29)32-19-6-4-5-18(15-19)16-28-13-11-17(12-14-28)7-9-21-20-8-10-22(30-2)24(31-3)23(20)33-27-21/h4-6,8,10,15,17H,7,9,11-14,16H2,1-3H3,(H,26,29). The van der Waals surface area contributed by atoms with E-state index < -0.39 is 6.09 Å². The number of benzene rings is 2. The number of carbonyl (C=O) groups excluding carboxylic acids is 1. The van der Waals surface area contributed by atoms with E-state index in [1.54, 1.807) is 27.3 Å². The minimum atomic E-state index is -0.453. The molecule has 8 nitrogen and oxygen atoms in total. The number of fused-ring (bicyclic) bond motifs is 1. The van der Waals surface area contributed by atoms with Gasteiger partial charge in [-0.3, -0.25) is 4.90 Å². The maximum Gasteiger partial charge on any atom is 0.412 e. The fourth-order valence-corrected chi connectivity index (χ4v) is 4.44. The number of carbonyl (C=O) groups is 1. The highest BCUT2D eigenvalue weighted by atomic mass is 16.6. The van der Waals surface area contributed by atoms with Crippen LogP contribution in [0.15, 0.2) is 40.9 Å². The van der Waals surface area contributed by atoms with Crippen molar-refractivity contribution in [2.45, 2.75) is 32.2 Å². The van der Waals surface area contributed by atoms with Crippen molar-refractivity contribution in [3.8, 4) is 17.2 Å². The summed E-state index contributed by atoms with van der Waals surface area (Å²) in [6.07, 6.45) is 3.82. The van der Waals surface area contributed by atoms with Crippen molar-refractivity contribution >= 4 is 17.1 Å². The van der Waals surface area contributed by atoms with Crippen molar-refractivity contribution in [1.29, 1.82) is 0 Å². The van der Waals surface area contributed by atoms with Crippen molar-refractivity contribution in [2.24, 2.45) is 5.92 Å². The van der Waals surface area contributed by atoms with E-state index in [0.29, 0.717) is 28.7 Å². The number of amides is 1. The molecule has 1 aliphatic heterocycles. The van der Waals surface area contributed by atoms with Gasteiger partial charge >= 0.3 is 6.09 Å². The smallest absolute Gasteiger partial charge is 0.412 e. The van der Waals surface area contributed by atoms with Crippen molar-refractivity contribution in [3.63, 3.8) is 0 Å². The van der Waals surface area contributed by atoms with E-state index in [2.05, 4.69) is 21.4 Å². The number of hydrogen-bond acceptors (Lipinski definition) is 7. The molecule has 4 rings (SSSR count). The number of piperidine rings is 1. The minimum absolute atomic E-state index is 0.453. The zero-order valence-electron chi connectivity index (χ0n) is 19.4. The molecule has 0 saturated carbocycles. The molecule has 2 aromatic carbocycles. The van der Waals surface area contributed by atoms with Crippen LogP contribution in [0.25, 0.3) is 11.0 Å². The molecule has 1 N–H and O–H groups in total. The predicted octanol–water partition coefficient (Wildman–Crippen LogP) is 4.41. The molecular formula is C25H31N3O5. The Morgan fingerprint density at radius 2 is 2.00 bits per heavy atom. The quantitative estimate of drug-likeness (QED) is 0.541. The highest BCUT2D eigenvalue weighted by Crippen LogP contribution is 2.37. The lowest BCUT2D eigenvalue weighted by Gasteiger charge is -2.32. The van der Waals surface area contributed by atoms with E-state index in [1.807, 2.05) is 24.3 Å². The van der Waals surface area contributed by atoms with E-state index in [9.17, 15) is 4.79 Å². The Morgan fingerprint density at radius 1 is 1.18 bits per heavy atom. The number of nitrogens with zero attached hydrogens (tertiary/aromatic N) is 2. The normalized spacial score (nSPS) is 14.9. The molecular weight excluding hydrogens is 422 g/mol. The van der Waals surface area contributed by atoms with Gasteiger partial charge in [0.1, 0.15) is 5.75 Å². The molecule has 1 aromatic heterocycles. The summed E-state index contributed by atoms with van der Waals surface area (Å²) in [5.74, 6) is 2.46. The summed E-state index contributed by atoms with van der Waals surface area (Å²) < 4.78 is 21.6. The Balaban J connectivity index is 1.29. The third-order valence-corrected chi connectivity index (χ3v) is 6.27. The number of methoxy groups -OCH3 is 2. The van der Waals surface area contributed by atoms with Gasteiger partial charge in [-0.15, -0.1) is 0 Å². The van der Waals surface area contributed by atoms with Crippen LogP contribution < -0.4 is 19.5 Å². The van der Waals surface area contributed by atoms with Crippen LogP contribution in [-0.4, -0.2) is 50.5 Å². The van der Waals surface area contributed by atoms with Crippen molar-refractivity contribution in [3.05, 3.63) is 47.7 Å². The maximum atomic E-state index is 11.4. The predicted molar refractivity (Wildman–Crippen MR) is 125 cm³/mol. The summed E-state index contributed by atoms with van der Waals surface area (Å²) in [6, 6.07) is 11.6. The molecule has 2 heterocycles. The largest absolute Gasteiger partial charge is 0.493 e. The topological polar surface area (TPSA) is 86.1 Å². The molecule has 8 heteroatoms. The van der Waals surface area contributed by atoms with Gasteiger partial charge in [0.15, 0.2) is 5.75 Å². The lowest BCUT2D eigenvalue weighted by atomic mass is 9.91. The van der Waals surface area contributed by atoms with Crippen LogP contribution in [0.4, 0.5) is 4.79 Å². The van der Waals surface area contributed by atoms with Crippen LogP contribution in [0.1, 0.15) is 30.5 Å². The Labute approximate surface area is 193 Å². The second-order valence-electron chi connectivity index (χ2n) is 8.35. The Morgan fingerprint density at radius 3 is 2.73 bits per heavy atom. The van der Waals surface area contributed by atoms with Crippen molar-refractivity contribution in [2.75, 3.05) is 34.4 Å². The molecule has 0 spiro atoms. The number of aromatic nitrogens is 1. The lowest BCUT2D eigenvalue weighted by molar-refractivity contribution is 0.172. The van der Waals surface area contributed by atoms with E-state index in [0.717, 1.165) is 62.0 Å². The van der Waals surface area contributed by atoms with Gasteiger partial charge < -0.3 is 24.1 Å². The van der Waals surface area contributed by atoms with Crippen LogP contribution in [0.2, 0.25) is 0 Å². The Kier molecular flexibility index (Phi) is 7.34. The molecule has 0 unspecified atom stereocenters.